The number of aryl methyl sites for hydroxylation is 1. The predicted octanol–water partition coefficient (Wildman–Crippen LogP) is 0.438. The molecule has 2 atom stereocenters. The summed E-state index contributed by atoms with van der Waals surface area (Å²) >= 11 is 0. The molecular weight excluding hydrogens is 166 g/mol. The summed E-state index contributed by atoms with van der Waals surface area (Å²) in [5.41, 5.74) is 6.38. The standard InChI is InChI=1S/C9H17N3O/c1-3-7(4-10)9(13)8-5-11-6-12(8)2/h5-7,9,13H,3-4,10H2,1-2H3. The van der Waals surface area contributed by atoms with Gasteiger partial charge < -0.3 is 15.4 Å². The Morgan fingerprint density at radius 1 is 1.69 bits per heavy atom. The van der Waals surface area contributed by atoms with Crippen molar-refractivity contribution >= 4 is 0 Å². The molecule has 0 spiro atoms. The molecule has 1 aromatic rings. The van der Waals surface area contributed by atoms with Crippen LogP contribution < -0.4 is 5.73 Å². The van der Waals surface area contributed by atoms with Crippen molar-refractivity contribution in [2.75, 3.05) is 6.54 Å². The fourth-order valence-corrected chi connectivity index (χ4v) is 1.41. The zero-order valence-corrected chi connectivity index (χ0v) is 8.14. The van der Waals surface area contributed by atoms with Gasteiger partial charge in [0.1, 0.15) is 0 Å². The van der Waals surface area contributed by atoms with E-state index in [1.165, 1.54) is 0 Å². The number of aliphatic hydroxyl groups is 1. The Morgan fingerprint density at radius 2 is 2.38 bits per heavy atom. The van der Waals surface area contributed by atoms with Gasteiger partial charge >= 0.3 is 0 Å². The number of hydrogen-bond acceptors (Lipinski definition) is 3. The van der Waals surface area contributed by atoms with Crippen LogP contribution in [0.1, 0.15) is 25.1 Å². The first-order valence-electron chi connectivity index (χ1n) is 4.55. The van der Waals surface area contributed by atoms with Crippen molar-refractivity contribution in [1.82, 2.24) is 9.55 Å². The van der Waals surface area contributed by atoms with E-state index in [1.807, 2.05) is 18.5 Å². The Balaban J connectivity index is 2.77. The smallest absolute Gasteiger partial charge is 0.0995 e. The molecule has 1 rings (SSSR count). The molecule has 1 heterocycles. The van der Waals surface area contributed by atoms with Gasteiger partial charge in [-0.2, -0.15) is 0 Å². The Labute approximate surface area is 78.4 Å². The van der Waals surface area contributed by atoms with Crippen LogP contribution in [0.15, 0.2) is 12.5 Å². The van der Waals surface area contributed by atoms with Gasteiger partial charge in [0.15, 0.2) is 0 Å². The molecule has 0 aliphatic rings. The number of aliphatic hydroxyl groups excluding tert-OH is 1. The minimum absolute atomic E-state index is 0.121. The van der Waals surface area contributed by atoms with E-state index in [2.05, 4.69) is 4.98 Å². The van der Waals surface area contributed by atoms with Crippen LogP contribution in [0, 0.1) is 5.92 Å². The fraction of sp³-hybridized carbons (Fsp3) is 0.667. The van der Waals surface area contributed by atoms with Crippen LogP contribution in [-0.4, -0.2) is 21.2 Å². The lowest BCUT2D eigenvalue weighted by atomic mass is 9.97. The van der Waals surface area contributed by atoms with Gasteiger partial charge in [0.05, 0.1) is 24.3 Å². The van der Waals surface area contributed by atoms with Crippen molar-refractivity contribution < 1.29 is 5.11 Å². The quantitative estimate of drug-likeness (QED) is 0.712. The fourth-order valence-electron chi connectivity index (χ4n) is 1.41. The maximum Gasteiger partial charge on any atom is 0.0995 e. The first-order chi connectivity index (χ1) is 6.20. The number of nitrogens with zero attached hydrogens (tertiary/aromatic N) is 2. The SMILES string of the molecule is CCC(CN)C(O)c1cncn1C. The summed E-state index contributed by atoms with van der Waals surface area (Å²) < 4.78 is 1.82. The van der Waals surface area contributed by atoms with E-state index in [4.69, 9.17) is 5.73 Å². The minimum atomic E-state index is -0.498. The Kier molecular flexibility index (Phi) is 3.45. The molecule has 0 radical (unpaired) electrons. The van der Waals surface area contributed by atoms with Crippen LogP contribution >= 0.6 is 0 Å². The number of nitrogens with two attached hydrogens (primary N) is 1. The predicted molar refractivity (Wildman–Crippen MR) is 51.0 cm³/mol. The summed E-state index contributed by atoms with van der Waals surface area (Å²) in [7, 11) is 1.87. The number of imidazole rings is 1. The maximum absolute atomic E-state index is 9.91. The lowest BCUT2D eigenvalue weighted by Crippen LogP contribution is -2.22. The van der Waals surface area contributed by atoms with Crippen LogP contribution in [-0.2, 0) is 7.05 Å². The van der Waals surface area contributed by atoms with E-state index < -0.39 is 6.10 Å². The summed E-state index contributed by atoms with van der Waals surface area (Å²) in [5, 5.41) is 9.91. The zero-order chi connectivity index (χ0) is 9.84. The molecule has 2 unspecified atom stereocenters. The summed E-state index contributed by atoms with van der Waals surface area (Å²) in [6.07, 6.45) is 3.75. The largest absolute Gasteiger partial charge is 0.386 e. The lowest BCUT2D eigenvalue weighted by molar-refractivity contribution is 0.103. The molecule has 0 bridgehead atoms. The highest BCUT2D eigenvalue weighted by Gasteiger charge is 2.19. The third-order valence-corrected chi connectivity index (χ3v) is 2.43. The molecule has 0 aliphatic carbocycles. The van der Waals surface area contributed by atoms with E-state index in [9.17, 15) is 5.11 Å². The summed E-state index contributed by atoms with van der Waals surface area (Å²) in [6, 6.07) is 0. The second kappa shape index (κ2) is 4.39. The van der Waals surface area contributed by atoms with Gasteiger partial charge in [-0.25, -0.2) is 4.98 Å². The molecule has 0 amide bonds. The highest BCUT2D eigenvalue weighted by atomic mass is 16.3. The van der Waals surface area contributed by atoms with Gasteiger partial charge in [-0.15, -0.1) is 0 Å². The topological polar surface area (TPSA) is 64.1 Å². The molecule has 3 N–H and O–H groups in total. The number of hydrogen-bond donors (Lipinski definition) is 2. The molecule has 74 valence electrons. The molecule has 0 aromatic carbocycles. The molecule has 13 heavy (non-hydrogen) atoms. The highest BCUT2D eigenvalue weighted by Crippen LogP contribution is 2.22. The zero-order valence-electron chi connectivity index (χ0n) is 8.14. The first kappa shape index (κ1) is 10.2. The second-order valence-electron chi connectivity index (χ2n) is 3.28. The Hall–Kier alpha value is -0.870. The van der Waals surface area contributed by atoms with E-state index >= 15 is 0 Å². The van der Waals surface area contributed by atoms with Crippen molar-refractivity contribution in [3.05, 3.63) is 18.2 Å². The van der Waals surface area contributed by atoms with Crippen LogP contribution in [0.2, 0.25) is 0 Å². The molecule has 0 fully saturated rings. The second-order valence-corrected chi connectivity index (χ2v) is 3.28. The van der Waals surface area contributed by atoms with Crippen molar-refractivity contribution in [2.24, 2.45) is 18.7 Å². The van der Waals surface area contributed by atoms with E-state index in [1.54, 1.807) is 12.5 Å². The average molecular weight is 183 g/mol. The lowest BCUT2D eigenvalue weighted by Gasteiger charge is -2.19. The van der Waals surface area contributed by atoms with Gasteiger partial charge in [0.2, 0.25) is 0 Å². The van der Waals surface area contributed by atoms with Gasteiger partial charge in [-0.1, -0.05) is 6.92 Å². The summed E-state index contributed by atoms with van der Waals surface area (Å²) in [4.78, 5) is 3.96. The molecule has 0 saturated heterocycles. The molecule has 0 aliphatic heterocycles. The van der Waals surface area contributed by atoms with Crippen molar-refractivity contribution in [2.45, 2.75) is 19.4 Å². The van der Waals surface area contributed by atoms with Gasteiger partial charge in [-0.05, 0) is 13.0 Å². The third-order valence-electron chi connectivity index (χ3n) is 2.43. The van der Waals surface area contributed by atoms with Crippen LogP contribution in [0.25, 0.3) is 0 Å². The normalized spacial score (nSPS) is 15.7. The van der Waals surface area contributed by atoms with Crippen LogP contribution in [0.3, 0.4) is 0 Å². The summed E-state index contributed by atoms with van der Waals surface area (Å²) in [5.74, 6) is 0.121. The van der Waals surface area contributed by atoms with E-state index in [-0.39, 0.29) is 5.92 Å². The van der Waals surface area contributed by atoms with Crippen molar-refractivity contribution in [1.29, 1.82) is 0 Å². The minimum Gasteiger partial charge on any atom is -0.386 e. The van der Waals surface area contributed by atoms with Crippen LogP contribution in [0.4, 0.5) is 0 Å². The molecule has 4 heteroatoms. The third kappa shape index (κ3) is 2.08. The summed E-state index contributed by atoms with van der Waals surface area (Å²) in [6.45, 7) is 2.53. The van der Waals surface area contributed by atoms with Crippen molar-refractivity contribution in [3.63, 3.8) is 0 Å². The van der Waals surface area contributed by atoms with Gasteiger partial charge in [0, 0.05) is 13.0 Å². The number of aromatic nitrogens is 2. The molecule has 1 aromatic heterocycles. The molecule has 0 saturated carbocycles. The Morgan fingerprint density at radius 3 is 2.77 bits per heavy atom. The first-order valence-corrected chi connectivity index (χ1v) is 4.55. The number of rotatable bonds is 4. The van der Waals surface area contributed by atoms with Gasteiger partial charge in [-0.3, -0.25) is 0 Å². The Bertz CT molecular complexity index is 255. The maximum atomic E-state index is 9.91. The van der Waals surface area contributed by atoms with Crippen LogP contribution in [0.5, 0.6) is 0 Å². The molecule has 4 nitrogen and oxygen atoms in total. The average Bonchev–Trinajstić information content (AvgIpc) is 2.53. The van der Waals surface area contributed by atoms with E-state index in [0.717, 1.165) is 12.1 Å². The van der Waals surface area contributed by atoms with Crippen molar-refractivity contribution in [3.8, 4) is 0 Å². The highest BCUT2D eigenvalue weighted by molar-refractivity contribution is 5.03. The van der Waals surface area contributed by atoms with E-state index in [0.29, 0.717) is 6.54 Å². The molecular formula is C9H17N3O. The monoisotopic (exact) mass is 183 g/mol. The van der Waals surface area contributed by atoms with Gasteiger partial charge in [0.25, 0.3) is 0 Å².